The van der Waals surface area contributed by atoms with Gasteiger partial charge in [-0.05, 0) is 19.8 Å². The molecule has 0 bridgehead atoms. The lowest BCUT2D eigenvalue weighted by Crippen LogP contribution is -2.51. The topological polar surface area (TPSA) is 102 Å². The van der Waals surface area contributed by atoms with E-state index in [0.717, 1.165) is 10.7 Å². The highest BCUT2D eigenvalue weighted by molar-refractivity contribution is 7.87. The lowest BCUT2D eigenvalue weighted by molar-refractivity contribution is 0.157. The summed E-state index contributed by atoms with van der Waals surface area (Å²) in [5, 5.41) is 0. The largest absolute Gasteiger partial charge is 0.449 e. The molecule has 0 radical (unpaired) electrons. The van der Waals surface area contributed by atoms with Gasteiger partial charge in [-0.2, -0.15) is 12.7 Å². The normalized spacial score (nSPS) is 22.8. The van der Waals surface area contributed by atoms with Gasteiger partial charge in [0.2, 0.25) is 0 Å². The molecule has 8 heteroatoms. The van der Waals surface area contributed by atoms with Crippen LogP contribution in [0.25, 0.3) is 0 Å². The molecule has 0 saturated carbocycles. The highest BCUT2D eigenvalue weighted by Gasteiger charge is 2.28. The van der Waals surface area contributed by atoms with Crippen molar-refractivity contribution in [1.82, 2.24) is 9.03 Å². The molecular weight excluding hydrogens is 234 g/mol. The van der Waals surface area contributed by atoms with E-state index in [1.54, 1.807) is 6.92 Å². The van der Waals surface area contributed by atoms with Crippen LogP contribution in [0.5, 0.6) is 0 Å². The smallest absolute Gasteiger partial charge is 0.421 e. The van der Waals surface area contributed by atoms with E-state index < -0.39 is 16.3 Å². The van der Waals surface area contributed by atoms with Crippen LogP contribution in [0.4, 0.5) is 4.79 Å². The van der Waals surface area contributed by atoms with E-state index in [0.29, 0.717) is 13.0 Å². The third-order valence-corrected chi connectivity index (χ3v) is 3.68. The fourth-order valence-corrected chi connectivity index (χ4v) is 2.68. The van der Waals surface area contributed by atoms with Crippen molar-refractivity contribution in [2.75, 3.05) is 19.7 Å². The Kier molecular flexibility index (Phi) is 4.51. The molecule has 1 rings (SSSR count). The van der Waals surface area contributed by atoms with Crippen LogP contribution in [0.15, 0.2) is 0 Å². The van der Waals surface area contributed by atoms with Crippen LogP contribution >= 0.6 is 0 Å². The van der Waals surface area contributed by atoms with Gasteiger partial charge in [0.05, 0.1) is 6.61 Å². The predicted octanol–water partition coefficient (Wildman–Crippen LogP) is -0.600. The van der Waals surface area contributed by atoms with Crippen LogP contribution in [0, 0.1) is 0 Å². The zero-order chi connectivity index (χ0) is 12.2. The van der Waals surface area contributed by atoms with Gasteiger partial charge >= 0.3 is 16.3 Å². The van der Waals surface area contributed by atoms with Crippen LogP contribution in [0.2, 0.25) is 0 Å². The van der Waals surface area contributed by atoms with Crippen molar-refractivity contribution >= 4 is 16.3 Å². The molecule has 1 amide bonds. The lowest BCUT2D eigenvalue weighted by Gasteiger charge is -2.29. The van der Waals surface area contributed by atoms with Crippen LogP contribution in [-0.2, 0) is 14.9 Å². The molecule has 3 N–H and O–H groups in total. The van der Waals surface area contributed by atoms with Gasteiger partial charge in [0.15, 0.2) is 0 Å². The number of piperidine rings is 1. The van der Waals surface area contributed by atoms with E-state index in [2.05, 4.69) is 4.74 Å². The first kappa shape index (κ1) is 13.2. The molecule has 0 spiro atoms. The fourth-order valence-electron chi connectivity index (χ4n) is 1.52. The average molecular weight is 251 g/mol. The van der Waals surface area contributed by atoms with E-state index in [4.69, 9.17) is 5.73 Å². The van der Waals surface area contributed by atoms with Crippen molar-refractivity contribution in [2.45, 2.75) is 25.8 Å². The quantitative estimate of drug-likeness (QED) is 0.697. The second-order valence-electron chi connectivity index (χ2n) is 3.59. The summed E-state index contributed by atoms with van der Waals surface area (Å²) in [4.78, 5) is 11.0. The Morgan fingerprint density at radius 2 is 2.31 bits per heavy atom. The highest BCUT2D eigenvalue weighted by atomic mass is 32.2. The zero-order valence-electron chi connectivity index (χ0n) is 9.18. The molecule has 1 aliphatic rings. The van der Waals surface area contributed by atoms with E-state index in [-0.39, 0.29) is 19.2 Å². The Bertz CT molecular complexity index is 343. The van der Waals surface area contributed by atoms with E-state index in [1.165, 1.54) is 0 Å². The number of amides is 1. The summed E-state index contributed by atoms with van der Waals surface area (Å²) in [7, 11) is -3.81. The lowest BCUT2D eigenvalue weighted by atomic mass is 10.1. The number of rotatable bonds is 3. The monoisotopic (exact) mass is 251 g/mol. The van der Waals surface area contributed by atoms with Gasteiger partial charge in [0, 0.05) is 19.1 Å². The number of carbonyl (C=O) groups excluding carboxylic acids is 1. The number of nitrogens with two attached hydrogens (primary N) is 1. The Morgan fingerprint density at radius 3 is 2.88 bits per heavy atom. The first-order valence-corrected chi connectivity index (χ1v) is 6.60. The molecule has 0 unspecified atom stereocenters. The molecule has 1 saturated heterocycles. The highest BCUT2D eigenvalue weighted by Crippen LogP contribution is 2.11. The first-order valence-electron chi connectivity index (χ1n) is 5.16. The van der Waals surface area contributed by atoms with Gasteiger partial charge in [-0.25, -0.2) is 9.52 Å². The number of hydrogen-bond donors (Lipinski definition) is 2. The molecule has 0 aliphatic carbocycles. The van der Waals surface area contributed by atoms with Crippen LogP contribution in [0.1, 0.15) is 19.8 Å². The minimum absolute atomic E-state index is 0.126. The SMILES string of the molecule is CCOC(=O)NS(=O)(=O)N1CCC[C@@H](N)C1. The molecule has 16 heavy (non-hydrogen) atoms. The molecule has 1 heterocycles. The summed E-state index contributed by atoms with van der Waals surface area (Å²) < 4.78 is 30.9. The van der Waals surface area contributed by atoms with Crippen molar-refractivity contribution in [3.8, 4) is 0 Å². The Labute approximate surface area is 95.1 Å². The fraction of sp³-hybridized carbons (Fsp3) is 0.875. The predicted molar refractivity (Wildman–Crippen MR) is 57.9 cm³/mol. The van der Waals surface area contributed by atoms with E-state index >= 15 is 0 Å². The maximum absolute atomic E-state index is 11.7. The molecule has 1 atom stereocenters. The number of nitrogens with zero attached hydrogens (tertiary/aromatic N) is 1. The van der Waals surface area contributed by atoms with Gasteiger partial charge in [-0.3, -0.25) is 0 Å². The summed E-state index contributed by atoms with van der Waals surface area (Å²) in [6.45, 7) is 2.33. The van der Waals surface area contributed by atoms with Gasteiger partial charge in [0.25, 0.3) is 0 Å². The maximum Gasteiger partial charge on any atom is 0.421 e. The Hall–Kier alpha value is -0.860. The Balaban J connectivity index is 2.59. The maximum atomic E-state index is 11.7. The number of ether oxygens (including phenoxy) is 1. The van der Waals surface area contributed by atoms with Crippen molar-refractivity contribution in [2.24, 2.45) is 5.73 Å². The zero-order valence-corrected chi connectivity index (χ0v) is 10.00. The van der Waals surface area contributed by atoms with Crippen LogP contribution in [-0.4, -0.2) is 44.6 Å². The van der Waals surface area contributed by atoms with Gasteiger partial charge in [-0.15, -0.1) is 0 Å². The summed E-state index contributed by atoms with van der Waals surface area (Å²) in [6.07, 6.45) is 0.540. The molecule has 0 aromatic heterocycles. The molecular formula is C8H17N3O4S. The minimum atomic E-state index is -3.81. The number of hydrogen-bond acceptors (Lipinski definition) is 5. The summed E-state index contributed by atoms with van der Waals surface area (Å²) in [5.74, 6) is 0. The molecule has 1 fully saturated rings. The van der Waals surface area contributed by atoms with Crippen molar-refractivity contribution in [3.63, 3.8) is 0 Å². The molecule has 0 aromatic carbocycles. The second kappa shape index (κ2) is 5.46. The van der Waals surface area contributed by atoms with Crippen molar-refractivity contribution in [3.05, 3.63) is 0 Å². The molecule has 0 aromatic rings. The van der Waals surface area contributed by atoms with Crippen LogP contribution < -0.4 is 10.5 Å². The molecule has 94 valence electrons. The standard InChI is InChI=1S/C8H17N3O4S/c1-2-15-8(12)10-16(13,14)11-5-3-4-7(9)6-11/h7H,2-6,9H2,1H3,(H,10,12)/t7-/m1/s1. The molecule has 7 nitrogen and oxygen atoms in total. The Morgan fingerprint density at radius 1 is 1.62 bits per heavy atom. The number of nitrogens with one attached hydrogen (secondary N) is 1. The minimum Gasteiger partial charge on any atom is -0.449 e. The van der Waals surface area contributed by atoms with E-state index in [1.807, 2.05) is 4.72 Å². The summed E-state index contributed by atoms with van der Waals surface area (Å²) in [6, 6.07) is -0.174. The van der Waals surface area contributed by atoms with E-state index in [9.17, 15) is 13.2 Å². The molecule has 1 aliphatic heterocycles. The third kappa shape index (κ3) is 3.62. The van der Waals surface area contributed by atoms with Gasteiger partial charge in [0.1, 0.15) is 0 Å². The summed E-state index contributed by atoms with van der Waals surface area (Å²) >= 11 is 0. The summed E-state index contributed by atoms with van der Waals surface area (Å²) in [5.41, 5.74) is 5.66. The van der Waals surface area contributed by atoms with Crippen molar-refractivity contribution < 1.29 is 17.9 Å². The van der Waals surface area contributed by atoms with Gasteiger partial charge < -0.3 is 10.5 Å². The third-order valence-electron chi connectivity index (χ3n) is 2.25. The van der Waals surface area contributed by atoms with Crippen LogP contribution in [0.3, 0.4) is 0 Å². The van der Waals surface area contributed by atoms with Crippen molar-refractivity contribution in [1.29, 1.82) is 0 Å². The van der Waals surface area contributed by atoms with Gasteiger partial charge in [-0.1, -0.05) is 0 Å². The second-order valence-corrected chi connectivity index (χ2v) is 5.26. The first-order chi connectivity index (χ1) is 7.45. The number of carbonyl (C=O) groups is 1. The average Bonchev–Trinajstić information content (AvgIpc) is 2.17.